The Balaban J connectivity index is 1.16. The maximum absolute atomic E-state index is 14.2. The lowest BCUT2D eigenvalue weighted by atomic mass is 9.76. The quantitative estimate of drug-likeness (QED) is 0.0155. The number of ketones is 2. The van der Waals surface area contributed by atoms with Crippen LogP contribution < -0.4 is 37.2 Å². The number of nitrogens with two attached hydrogens (primary N) is 1. The molecule has 5 atom stereocenters. The van der Waals surface area contributed by atoms with E-state index in [4.69, 9.17) is 10.5 Å². The van der Waals surface area contributed by atoms with E-state index in [0.717, 1.165) is 22.3 Å². The molecule has 0 bridgehead atoms. The zero-order valence-corrected chi connectivity index (χ0v) is 52.4. The van der Waals surface area contributed by atoms with E-state index in [0.29, 0.717) is 28.8 Å². The number of Topliss-reactive ketones (excluding diaryl/α,β-unsaturated/α-hetero) is 2. The Kier molecular flexibility index (Phi) is 25.2. The third kappa shape index (κ3) is 20.0. The number of likely N-dealkylation sites (N-methyl/N-ethyl adjacent to an activating group) is 2. The van der Waals surface area contributed by atoms with E-state index < -0.39 is 70.8 Å². The minimum atomic E-state index is -1.08. The molecule has 1 heterocycles. The predicted octanol–water partition coefficient (Wildman–Crippen LogP) is 8.03. The molecular weight excluding hydrogens is 1100 g/mol. The molecule has 0 radical (unpaired) electrons. The lowest BCUT2D eigenvalue weighted by Gasteiger charge is -2.40. The average Bonchev–Trinajstić information content (AvgIpc) is 1.57. The maximum Gasteiger partial charge on any atom is 0.407 e. The summed E-state index contributed by atoms with van der Waals surface area (Å²) in [6.45, 7) is 18.8. The number of benzene rings is 4. The average molecular weight is 1190 g/mol. The van der Waals surface area contributed by atoms with Crippen molar-refractivity contribution >= 4 is 59.0 Å². The van der Waals surface area contributed by atoms with Gasteiger partial charge in [-0.3, -0.25) is 28.8 Å². The van der Waals surface area contributed by atoms with Crippen LogP contribution in [-0.2, 0) is 69.8 Å². The fourth-order valence-corrected chi connectivity index (χ4v) is 10.5. The number of rotatable bonds is 29. The summed E-state index contributed by atoms with van der Waals surface area (Å²) in [5, 5.41) is 23.9. The molecule has 8 N–H and O–H groups in total. The Morgan fingerprint density at radius 2 is 1.40 bits per heavy atom. The molecule has 4 aromatic carbocycles. The molecule has 0 aliphatic carbocycles. The largest absolute Gasteiger partial charge is 0.478 e. The van der Waals surface area contributed by atoms with Gasteiger partial charge in [-0.05, 0) is 90.1 Å². The smallest absolute Gasteiger partial charge is 0.407 e. The maximum atomic E-state index is 14.2. The number of nitrogens with zero attached hydrogens (tertiary/aromatic N) is 2. The Morgan fingerprint density at radius 1 is 0.759 bits per heavy atom. The Labute approximate surface area is 512 Å². The molecule has 0 saturated carbocycles. The highest BCUT2D eigenvalue weighted by atomic mass is 16.5. The van der Waals surface area contributed by atoms with Gasteiger partial charge < -0.3 is 52.0 Å². The Bertz CT molecular complexity index is 3220. The van der Waals surface area contributed by atoms with Crippen molar-refractivity contribution in [3.8, 4) is 11.8 Å². The molecule has 1 aliphatic rings. The number of hydrogen-bond acceptors (Lipinski definition) is 11. The summed E-state index contributed by atoms with van der Waals surface area (Å²) in [6, 6.07) is 25.4. The van der Waals surface area contributed by atoms with E-state index in [2.05, 4.69) is 38.4 Å². The molecule has 19 heteroatoms. The van der Waals surface area contributed by atoms with Crippen LogP contribution in [0.2, 0.25) is 0 Å². The van der Waals surface area contributed by atoms with Gasteiger partial charge in [0.05, 0.1) is 30.4 Å². The van der Waals surface area contributed by atoms with Crippen molar-refractivity contribution in [1.82, 2.24) is 31.5 Å². The van der Waals surface area contributed by atoms with Gasteiger partial charge in [0.1, 0.15) is 18.4 Å². The second-order valence-electron chi connectivity index (χ2n) is 24.7. The van der Waals surface area contributed by atoms with Gasteiger partial charge in [-0.25, -0.2) is 14.4 Å². The van der Waals surface area contributed by atoms with Crippen LogP contribution in [0.4, 0.5) is 15.3 Å². The molecule has 0 spiro atoms. The van der Waals surface area contributed by atoms with Crippen molar-refractivity contribution in [3.63, 3.8) is 0 Å². The summed E-state index contributed by atoms with van der Waals surface area (Å²) in [5.41, 5.74) is 9.70. The summed E-state index contributed by atoms with van der Waals surface area (Å²) in [5.74, 6) is 2.04. The number of carbonyl (C=O) groups excluding carboxylic acids is 8. The number of para-hydroxylation sites is 1. The Morgan fingerprint density at radius 3 is 2.03 bits per heavy atom. The number of hydrogen-bond donors (Lipinski definition) is 7. The number of fused-ring (bicyclic) bond motifs is 2. The van der Waals surface area contributed by atoms with Crippen molar-refractivity contribution in [2.45, 2.75) is 157 Å². The van der Waals surface area contributed by atoms with Crippen LogP contribution in [0.25, 0.3) is 0 Å². The number of anilines is 1. The van der Waals surface area contributed by atoms with Crippen LogP contribution in [0.1, 0.15) is 140 Å². The monoisotopic (exact) mass is 1190 g/mol. The van der Waals surface area contributed by atoms with E-state index in [-0.39, 0.29) is 99.1 Å². The second-order valence-corrected chi connectivity index (χ2v) is 24.7. The van der Waals surface area contributed by atoms with Gasteiger partial charge in [-0.2, -0.15) is 0 Å². The zero-order chi connectivity index (χ0) is 64.3. The number of ether oxygens (including phenoxy) is 1. The molecule has 0 fully saturated rings. The molecule has 87 heavy (non-hydrogen) atoms. The summed E-state index contributed by atoms with van der Waals surface area (Å²) in [6.07, 6.45) is 1.01. The highest BCUT2D eigenvalue weighted by Gasteiger charge is 2.42. The van der Waals surface area contributed by atoms with Gasteiger partial charge in [0.25, 0.3) is 0 Å². The molecule has 466 valence electrons. The standard InChI is InChI=1S/C68H88N8O11/c1-42(2)53(38-52(77)32-33-58(79)76-40-50-22-14-13-20-48(50)30-31-49-21-15-16-25-55(49)76)61(80)73-54(24-18-34-71-65(69)85)57(78)37-45-26-28-46(29-27-45)41-87-66(86)72-39-47-19-17-23-51(36-47)68(9,10)59(70-11)62(81)74-60(67(6,7)8)63(82)75(12)56(43(3)4)35-44(5)64(83)84/h13-17,19-23,25-29,35-36,42-43,53-54,56,59-60,70H,18,24,32-34,37-41H2,1-12H3,(H,72,86)(H,73,80)(H,74,81)(H,83,84)(H3,69,71,85)/b44-35+/t53-,54-,56+,59-,60+/m0/s1. The molecule has 1 aliphatic heterocycles. The van der Waals surface area contributed by atoms with Gasteiger partial charge in [0.15, 0.2) is 5.78 Å². The van der Waals surface area contributed by atoms with E-state index in [1.165, 1.54) is 11.8 Å². The third-order valence-corrected chi connectivity index (χ3v) is 15.8. The van der Waals surface area contributed by atoms with Crippen molar-refractivity contribution in [1.29, 1.82) is 0 Å². The number of alkyl carbamates (subject to hydrolysis) is 1. The van der Waals surface area contributed by atoms with Crippen molar-refractivity contribution in [2.75, 3.05) is 25.5 Å². The van der Waals surface area contributed by atoms with Crippen LogP contribution >= 0.6 is 0 Å². The molecule has 4 aromatic rings. The highest BCUT2D eigenvalue weighted by molar-refractivity contribution is 5.98. The number of aliphatic carboxylic acids is 1. The van der Waals surface area contributed by atoms with E-state index >= 15 is 0 Å². The fraction of sp³-hybridized carbons (Fsp3) is 0.456. The number of amides is 7. The number of carboxylic acid groups (broad SMARTS) is 1. The first kappa shape index (κ1) is 69.1. The first-order valence-corrected chi connectivity index (χ1v) is 29.6. The first-order valence-electron chi connectivity index (χ1n) is 29.6. The van der Waals surface area contributed by atoms with Gasteiger partial charge in [0, 0.05) is 73.9 Å². The van der Waals surface area contributed by atoms with Crippen LogP contribution in [0.3, 0.4) is 0 Å². The number of primary amides is 1. The third-order valence-electron chi connectivity index (χ3n) is 15.8. The fourth-order valence-electron chi connectivity index (χ4n) is 10.5. The second kappa shape index (κ2) is 31.7. The zero-order valence-electron chi connectivity index (χ0n) is 52.4. The Hall–Kier alpha value is -8.63. The van der Waals surface area contributed by atoms with E-state index in [1.807, 2.05) is 135 Å². The number of urea groups is 1. The van der Waals surface area contributed by atoms with Crippen LogP contribution in [0, 0.1) is 35.0 Å². The molecule has 0 saturated heterocycles. The number of carbonyl (C=O) groups is 9. The van der Waals surface area contributed by atoms with E-state index in [1.54, 1.807) is 49.3 Å². The summed E-state index contributed by atoms with van der Waals surface area (Å²) in [7, 11) is 3.28. The summed E-state index contributed by atoms with van der Waals surface area (Å²) < 4.78 is 5.55. The summed E-state index contributed by atoms with van der Waals surface area (Å²) >= 11 is 0. The lowest BCUT2D eigenvalue weighted by Crippen LogP contribution is -2.61. The number of carboxylic acids is 1. The minimum Gasteiger partial charge on any atom is -0.478 e. The molecule has 5 rings (SSSR count). The molecular formula is C68H88N8O11. The molecule has 0 aromatic heterocycles. The van der Waals surface area contributed by atoms with Crippen molar-refractivity contribution < 1.29 is 53.0 Å². The normalized spacial score (nSPS) is 14.0. The van der Waals surface area contributed by atoms with E-state index in [9.17, 15) is 48.3 Å². The van der Waals surface area contributed by atoms with Crippen LogP contribution in [0.5, 0.6) is 0 Å². The SMILES string of the molecule is CN[C@@H](C(=O)N[C@H](C(=O)N(C)[C@H](/C=C(\C)C(=O)O)C(C)C)C(C)(C)C)C(C)(C)c1cccc(CNC(=O)OCc2ccc(CC(=O)[C@H](CCCNC(N)=O)NC(=O)[C@@H](CC(=O)CCC(=O)N3Cc4ccccc4C#Cc4ccccc43)C(C)C)cc2)c1. The van der Waals surface area contributed by atoms with Crippen molar-refractivity contribution in [3.05, 3.63) is 148 Å². The highest BCUT2D eigenvalue weighted by Crippen LogP contribution is 2.31. The molecule has 19 nitrogen and oxygen atoms in total. The summed E-state index contributed by atoms with van der Waals surface area (Å²) in [4.78, 5) is 123. The van der Waals surface area contributed by atoms with Crippen LogP contribution in [0.15, 0.2) is 109 Å². The van der Waals surface area contributed by atoms with Crippen LogP contribution in [-0.4, -0.2) is 108 Å². The predicted molar refractivity (Wildman–Crippen MR) is 335 cm³/mol. The molecule has 0 unspecified atom stereocenters. The number of nitrogens with one attached hydrogen (secondary N) is 5. The first-order chi connectivity index (χ1) is 41.0. The lowest BCUT2D eigenvalue weighted by molar-refractivity contribution is -0.141. The minimum absolute atomic E-state index is 0.0582. The topological polar surface area (TPSA) is 276 Å². The van der Waals surface area contributed by atoms with Gasteiger partial charge in [-0.1, -0.05) is 159 Å². The molecule has 7 amide bonds. The van der Waals surface area contributed by atoms with Crippen molar-refractivity contribution in [2.24, 2.45) is 28.9 Å². The van der Waals surface area contributed by atoms with Gasteiger partial charge in [0.2, 0.25) is 23.6 Å². The van der Waals surface area contributed by atoms with Gasteiger partial charge >= 0.3 is 18.1 Å². The van der Waals surface area contributed by atoms with Gasteiger partial charge in [-0.15, -0.1) is 0 Å².